The number of rotatable bonds is 31. The van der Waals surface area contributed by atoms with Gasteiger partial charge in [-0.2, -0.15) is 8.61 Å². The number of carbonyl (C=O) groups is 4. The van der Waals surface area contributed by atoms with Crippen LogP contribution < -0.4 is 21.3 Å². The van der Waals surface area contributed by atoms with Crippen LogP contribution in [0.4, 0.5) is 0 Å². The van der Waals surface area contributed by atoms with Crippen LogP contribution in [0.25, 0.3) is 0 Å². The molecule has 0 spiro atoms. The number of nitrogens with one attached hydrogen (secondary N) is 4. The van der Waals surface area contributed by atoms with Gasteiger partial charge in [-0.3, -0.25) is 19.2 Å². The number of sulfonamides is 2. The van der Waals surface area contributed by atoms with Gasteiger partial charge < -0.3 is 40.5 Å². The van der Waals surface area contributed by atoms with Crippen LogP contribution in [0.1, 0.15) is 90.2 Å². The molecule has 2 aliphatic rings. The van der Waals surface area contributed by atoms with Gasteiger partial charge in [0.2, 0.25) is 43.7 Å². The number of benzene rings is 2. The van der Waals surface area contributed by atoms with Crippen molar-refractivity contribution < 1.29 is 45.5 Å². The third kappa shape index (κ3) is 18.5. The summed E-state index contributed by atoms with van der Waals surface area (Å²) in [4.78, 5) is 58.4. The third-order valence-corrected chi connectivity index (χ3v) is 16.1. The standard InChI is InChI=1S/C50H82N8O10S2/c1-37(51-5)47(59)53-45(49(61)57-29-19-25-43(57)35-55(69(7,63)64)31-27-41-21-13-11-14-22-41)39(3)67-33-17-9-10-18-34-68-40(4)46(54-48(60)38(2)52-6)50(62)58-30-20-26-44(58)36-56(70(8,65)66)32-28-42-23-15-12-16-24-42/h11-16,21-24,37-40,43-46,51-52H,9-10,17-20,25-36H2,1-8H3,(H,53,59)(H,54,60)/t37-,38-,39+,40+,43-,44-,45-,46-/m0/s1. The first-order chi connectivity index (χ1) is 33.2. The van der Waals surface area contributed by atoms with E-state index < -0.39 is 56.4 Å². The summed E-state index contributed by atoms with van der Waals surface area (Å²) >= 11 is 0. The van der Waals surface area contributed by atoms with Crippen molar-refractivity contribution >= 4 is 43.7 Å². The van der Waals surface area contributed by atoms with Gasteiger partial charge >= 0.3 is 0 Å². The lowest BCUT2D eigenvalue weighted by molar-refractivity contribution is -0.142. The fourth-order valence-electron chi connectivity index (χ4n) is 8.91. The number of hydrogen-bond acceptors (Lipinski definition) is 12. The smallest absolute Gasteiger partial charge is 0.248 e. The highest BCUT2D eigenvalue weighted by atomic mass is 32.2. The molecule has 8 atom stereocenters. The number of amides is 4. The summed E-state index contributed by atoms with van der Waals surface area (Å²) in [6, 6.07) is 15.5. The monoisotopic (exact) mass is 1020 g/mol. The Morgan fingerprint density at radius 3 is 1.29 bits per heavy atom. The fourth-order valence-corrected chi connectivity index (χ4v) is 10.6. The zero-order valence-electron chi connectivity index (χ0n) is 42.8. The minimum Gasteiger partial charge on any atom is -0.376 e. The van der Waals surface area contributed by atoms with Gasteiger partial charge in [0, 0.05) is 64.6 Å². The molecule has 0 aliphatic carbocycles. The van der Waals surface area contributed by atoms with Crippen molar-refractivity contribution in [2.24, 2.45) is 0 Å². The van der Waals surface area contributed by atoms with Gasteiger partial charge in [-0.25, -0.2) is 16.8 Å². The Morgan fingerprint density at radius 2 is 0.957 bits per heavy atom. The van der Waals surface area contributed by atoms with Crippen molar-refractivity contribution in [3.8, 4) is 0 Å². The van der Waals surface area contributed by atoms with Crippen molar-refractivity contribution in [3.63, 3.8) is 0 Å². The number of nitrogens with zero attached hydrogens (tertiary/aromatic N) is 4. The molecular weight excluding hydrogens is 937 g/mol. The number of likely N-dealkylation sites (N-methyl/N-ethyl adjacent to an activating group) is 2. The fraction of sp³-hybridized carbons (Fsp3) is 0.680. The van der Waals surface area contributed by atoms with Crippen LogP contribution in [0.2, 0.25) is 0 Å². The Kier molecular flexibility index (Phi) is 24.2. The van der Waals surface area contributed by atoms with Gasteiger partial charge in [-0.1, -0.05) is 73.5 Å². The molecule has 0 aromatic heterocycles. The first-order valence-electron chi connectivity index (χ1n) is 25.0. The number of unbranched alkanes of at least 4 members (excludes halogenated alkanes) is 3. The van der Waals surface area contributed by atoms with Gasteiger partial charge in [0.05, 0.1) is 36.8 Å². The maximum absolute atomic E-state index is 14.3. The highest BCUT2D eigenvalue weighted by Gasteiger charge is 2.40. The van der Waals surface area contributed by atoms with Crippen LogP contribution in [0.5, 0.6) is 0 Å². The van der Waals surface area contributed by atoms with E-state index >= 15 is 0 Å². The SMILES string of the molecule is CN[C@@H](C)C(=O)N[C@H](C(=O)N1CCC[C@H]1CN(CCc1ccccc1)S(C)(=O)=O)[C@@H](C)OCCCCCCO[C@H](C)[C@H](NC(=O)[C@H](C)NC)C(=O)N1CCC[C@H]1CN(CCc1ccccc1)S(C)(=O)=O. The van der Waals surface area contributed by atoms with Crippen molar-refractivity contribution in [3.05, 3.63) is 71.8 Å². The van der Waals surface area contributed by atoms with Gasteiger partial charge in [0.15, 0.2) is 0 Å². The Morgan fingerprint density at radius 1 is 0.600 bits per heavy atom. The first kappa shape index (κ1) is 58.5. The maximum Gasteiger partial charge on any atom is 0.248 e. The quantitative estimate of drug-likeness (QED) is 0.0803. The highest BCUT2D eigenvalue weighted by Crippen LogP contribution is 2.24. The molecule has 18 nitrogen and oxygen atoms in total. The van der Waals surface area contributed by atoms with Gasteiger partial charge in [-0.15, -0.1) is 0 Å². The number of hydrogen-bond donors (Lipinski definition) is 4. The molecule has 0 radical (unpaired) electrons. The molecule has 70 heavy (non-hydrogen) atoms. The molecule has 4 rings (SSSR count). The van der Waals surface area contributed by atoms with Gasteiger partial charge in [0.25, 0.3) is 0 Å². The van der Waals surface area contributed by atoms with E-state index in [2.05, 4.69) is 21.3 Å². The molecule has 0 unspecified atom stereocenters. The summed E-state index contributed by atoms with van der Waals surface area (Å²) in [5.74, 6) is -1.32. The lowest BCUT2D eigenvalue weighted by Crippen LogP contribution is -2.58. The molecule has 2 heterocycles. The molecule has 2 aromatic carbocycles. The minimum atomic E-state index is -3.57. The van der Waals surface area contributed by atoms with Crippen LogP contribution in [0.3, 0.4) is 0 Å². The summed E-state index contributed by atoms with van der Waals surface area (Å²) in [5, 5.41) is 11.7. The Hall–Kier alpha value is -4.02. The Labute approximate surface area is 418 Å². The molecule has 20 heteroatoms. The first-order valence-corrected chi connectivity index (χ1v) is 28.7. The largest absolute Gasteiger partial charge is 0.376 e. The van der Waals surface area contributed by atoms with Crippen LogP contribution in [0.15, 0.2) is 60.7 Å². The Bertz CT molecular complexity index is 2010. The van der Waals surface area contributed by atoms with E-state index in [-0.39, 0.29) is 61.9 Å². The Balaban J connectivity index is 1.30. The summed E-state index contributed by atoms with van der Waals surface area (Å²) < 4.78 is 67.0. The molecule has 0 bridgehead atoms. The maximum atomic E-state index is 14.3. The number of carbonyl (C=O) groups excluding carboxylic acids is 4. The third-order valence-electron chi connectivity index (χ3n) is 13.6. The van der Waals surface area contributed by atoms with Gasteiger partial charge in [-0.05, 0) is 104 Å². The van der Waals surface area contributed by atoms with E-state index in [0.29, 0.717) is 77.7 Å². The normalized spacial score (nSPS) is 19.2. The predicted molar refractivity (Wildman–Crippen MR) is 273 cm³/mol. The molecule has 4 amide bonds. The van der Waals surface area contributed by atoms with Crippen LogP contribution in [-0.2, 0) is 61.5 Å². The molecule has 2 aliphatic heterocycles. The lowest BCUT2D eigenvalue weighted by atomic mass is 10.1. The second-order valence-electron chi connectivity index (χ2n) is 18.9. The average molecular weight is 1020 g/mol. The topological polar surface area (TPSA) is 216 Å². The van der Waals surface area contributed by atoms with Crippen LogP contribution in [-0.4, -0.2) is 186 Å². The van der Waals surface area contributed by atoms with Crippen molar-refractivity contribution in [1.29, 1.82) is 0 Å². The zero-order chi connectivity index (χ0) is 51.4. The number of ether oxygens (including phenoxy) is 2. The van der Waals surface area contributed by atoms with Crippen LogP contribution >= 0.6 is 0 Å². The van der Waals surface area contributed by atoms with Crippen molar-refractivity contribution in [1.82, 2.24) is 39.7 Å². The van der Waals surface area contributed by atoms with E-state index in [0.717, 1.165) is 24.0 Å². The summed E-state index contributed by atoms with van der Waals surface area (Å²) in [6.07, 6.45) is 7.69. The predicted octanol–water partition coefficient (Wildman–Crippen LogP) is 2.53. The summed E-state index contributed by atoms with van der Waals surface area (Å²) in [7, 11) is -3.81. The average Bonchev–Trinajstić information content (AvgIpc) is 4.02. The highest BCUT2D eigenvalue weighted by molar-refractivity contribution is 7.88. The summed E-state index contributed by atoms with van der Waals surface area (Å²) in [6.45, 7) is 9.36. The second-order valence-corrected chi connectivity index (χ2v) is 22.9. The molecule has 4 N–H and O–H groups in total. The molecule has 0 saturated carbocycles. The van der Waals surface area contributed by atoms with E-state index in [1.54, 1.807) is 51.6 Å². The number of likely N-dealkylation sites (tertiary alicyclic amines) is 2. The van der Waals surface area contributed by atoms with Crippen molar-refractivity contribution in [2.75, 3.05) is 79.1 Å². The molecule has 2 fully saturated rings. The molecular formula is C50H82N8O10S2. The van der Waals surface area contributed by atoms with E-state index in [9.17, 15) is 36.0 Å². The van der Waals surface area contributed by atoms with Crippen LogP contribution in [0, 0.1) is 0 Å². The molecule has 2 aromatic rings. The molecule has 394 valence electrons. The zero-order valence-corrected chi connectivity index (χ0v) is 44.4. The lowest BCUT2D eigenvalue weighted by Gasteiger charge is -2.34. The summed E-state index contributed by atoms with van der Waals surface area (Å²) in [5.41, 5.74) is 2.04. The minimum absolute atomic E-state index is 0.158. The van der Waals surface area contributed by atoms with Gasteiger partial charge in [0.1, 0.15) is 12.1 Å². The second kappa shape index (κ2) is 28.9. The van der Waals surface area contributed by atoms with Crippen molar-refractivity contribution in [2.45, 2.75) is 140 Å². The van der Waals surface area contributed by atoms with E-state index in [4.69, 9.17) is 9.47 Å². The van der Waals surface area contributed by atoms with E-state index in [1.165, 1.54) is 21.1 Å². The van der Waals surface area contributed by atoms with E-state index in [1.807, 2.05) is 60.7 Å². The molecule has 2 saturated heterocycles.